The number of aryl methyl sites for hydroxylation is 6. The Bertz CT molecular complexity index is 1280. The van der Waals surface area contributed by atoms with E-state index in [-0.39, 0.29) is 11.8 Å². The number of hydrogen-bond donors (Lipinski definition) is 2. The average molecular weight is 477 g/mol. The van der Waals surface area contributed by atoms with Crippen LogP contribution in [0.3, 0.4) is 0 Å². The molecule has 0 spiro atoms. The van der Waals surface area contributed by atoms with Crippen molar-refractivity contribution in [3.05, 3.63) is 129 Å². The molecule has 36 heavy (non-hydrogen) atoms. The normalized spacial score (nSPS) is 10.7. The molecular weight excluding hydrogens is 444 g/mol. The molecule has 0 atom stereocenters. The number of benzene rings is 4. The predicted octanol–water partition coefficient (Wildman–Crippen LogP) is 7.21. The molecule has 0 unspecified atom stereocenters. The van der Waals surface area contributed by atoms with Crippen molar-refractivity contribution >= 4 is 23.2 Å². The summed E-state index contributed by atoms with van der Waals surface area (Å²) in [6.07, 6.45) is 1.78. The molecule has 0 aliphatic rings. The number of anilines is 2. The maximum Gasteiger partial charge on any atom is 0.255 e. The molecule has 4 nitrogen and oxygen atoms in total. The van der Waals surface area contributed by atoms with Crippen LogP contribution in [0.2, 0.25) is 0 Å². The highest BCUT2D eigenvalue weighted by Gasteiger charge is 2.09. The van der Waals surface area contributed by atoms with Crippen LogP contribution >= 0.6 is 0 Å². The molecule has 0 heterocycles. The van der Waals surface area contributed by atoms with E-state index >= 15 is 0 Å². The van der Waals surface area contributed by atoms with Gasteiger partial charge in [0.25, 0.3) is 11.8 Å². The Morgan fingerprint density at radius 1 is 0.500 bits per heavy atom. The second-order valence-electron chi connectivity index (χ2n) is 9.40. The number of rotatable bonds is 7. The Hall–Kier alpha value is -4.18. The van der Waals surface area contributed by atoms with Gasteiger partial charge in [0.1, 0.15) is 0 Å². The van der Waals surface area contributed by atoms with Crippen molar-refractivity contribution in [1.29, 1.82) is 0 Å². The largest absolute Gasteiger partial charge is 0.322 e. The Morgan fingerprint density at radius 3 is 1.19 bits per heavy atom. The van der Waals surface area contributed by atoms with Gasteiger partial charge in [0, 0.05) is 22.5 Å². The van der Waals surface area contributed by atoms with Gasteiger partial charge in [-0.2, -0.15) is 0 Å². The van der Waals surface area contributed by atoms with Crippen molar-refractivity contribution in [1.82, 2.24) is 0 Å². The van der Waals surface area contributed by atoms with Crippen LogP contribution in [0.25, 0.3) is 0 Å². The van der Waals surface area contributed by atoms with Crippen LogP contribution in [0.1, 0.15) is 54.1 Å². The quantitative estimate of drug-likeness (QED) is 0.296. The molecule has 0 saturated carbocycles. The third-order valence-corrected chi connectivity index (χ3v) is 6.66. The summed E-state index contributed by atoms with van der Waals surface area (Å²) in [4.78, 5) is 25.1. The molecule has 4 aromatic rings. The lowest BCUT2D eigenvalue weighted by atomic mass is 10.0. The van der Waals surface area contributed by atoms with Gasteiger partial charge in [0.05, 0.1) is 0 Å². The molecule has 4 aromatic carbocycles. The van der Waals surface area contributed by atoms with Gasteiger partial charge >= 0.3 is 0 Å². The summed E-state index contributed by atoms with van der Waals surface area (Å²) in [5.41, 5.74) is 9.85. The second kappa shape index (κ2) is 11.0. The molecule has 0 saturated heterocycles. The first kappa shape index (κ1) is 24.9. The Morgan fingerprint density at radius 2 is 0.861 bits per heavy atom. The van der Waals surface area contributed by atoms with E-state index in [9.17, 15) is 9.59 Å². The van der Waals surface area contributed by atoms with Crippen molar-refractivity contribution in [2.45, 2.75) is 40.5 Å². The average Bonchev–Trinajstić information content (AvgIpc) is 2.87. The molecule has 0 bridgehead atoms. The fourth-order valence-electron chi connectivity index (χ4n) is 3.97. The minimum atomic E-state index is -0.101. The van der Waals surface area contributed by atoms with E-state index in [1.54, 1.807) is 0 Å². The van der Waals surface area contributed by atoms with Crippen molar-refractivity contribution in [3.63, 3.8) is 0 Å². The smallest absolute Gasteiger partial charge is 0.255 e. The summed E-state index contributed by atoms with van der Waals surface area (Å²) in [6, 6.07) is 27.5. The van der Waals surface area contributed by atoms with E-state index in [4.69, 9.17) is 0 Å². The fourth-order valence-corrected chi connectivity index (χ4v) is 3.97. The summed E-state index contributed by atoms with van der Waals surface area (Å²) in [5.74, 6) is -0.203. The van der Waals surface area contributed by atoms with Crippen molar-refractivity contribution in [2.75, 3.05) is 10.6 Å². The van der Waals surface area contributed by atoms with Crippen LogP contribution < -0.4 is 10.6 Å². The van der Waals surface area contributed by atoms with E-state index in [0.29, 0.717) is 11.1 Å². The van der Waals surface area contributed by atoms with Gasteiger partial charge in [-0.15, -0.1) is 0 Å². The summed E-state index contributed by atoms with van der Waals surface area (Å²) in [6.45, 7) is 8.10. The van der Waals surface area contributed by atoms with Gasteiger partial charge in [-0.05, 0) is 122 Å². The number of carbonyl (C=O) groups is 2. The van der Waals surface area contributed by atoms with E-state index in [1.807, 2.05) is 113 Å². The molecular formula is C32H32N2O2. The summed E-state index contributed by atoms with van der Waals surface area (Å²) in [7, 11) is 0. The van der Waals surface area contributed by atoms with E-state index < -0.39 is 0 Å². The zero-order valence-electron chi connectivity index (χ0n) is 21.3. The first-order valence-electron chi connectivity index (χ1n) is 12.2. The summed E-state index contributed by atoms with van der Waals surface area (Å²) >= 11 is 0. The van der Waals surface area contributed by atoms with E-state index in [0.717, 1.165) is 35.3 Å². The van der Waals surface area contributed by atoms with Crippen molar-refractivity contribution < 1.29 is 9.59 Å². The van der Waals surface area contributed by atoms with Gasteiger partial charge in [-0.1, -0.05) is 36.4 Å². The van der Waals surface area contributed by atoms with E-state index in [1.165, 1.54) is 22.3 Å². The molecule has 4 rings (SSSR count). The molecule has 4 heteroatoms. The van der Waals surface area contributed by atoms with Crippen LogP contribution in [0, 0.1) is 27.7 Å². The van der Waals surface area contributed by atoms with Gasteiger partial charge in [0.15, 0.2) is 0 Å². The van der Waals surface area contributed by atoms with Gasteiger partial charge in [-0.3, -0.25) is 9.59 Å². The fraction of sp³-hybridized carbons (Fsp3) is 0.188. The zero-order chi connectivity index (χ0) is 25.7. The number of carbonyl (C=O) groups excluding carboxylic acids is 2. The molecule has 0 fully saturated rings. The minimum absolute atomic E-state index is 0.101. The summed E-state index contributed by atoms with van der Waals surface area (Å²) < 4.78 is 0. The minimum Gasteiger partial charge on any atom is -0.322 e. The Labute approximate surface area is 213 Å². The van der Waals surface area contributed by atoms with Gasteiger partial charge in [0.2, 0.25) is 0 Å². The van der Waals surface area contributed by atoms with Gasteiger partial charge < -0.3 is 10.6 Å². The lowest BCUT2D eigenvalue weighted by Crippen LogP contribution is -2.12. The first-order chi connectivity index (χ1) is 17.3. The number of hydrogen-bond acceptors (Lipinski definition) is 2. The van der Waals surface area contributed by atoms with Crippen LogP contribution in [0.4, 0.5) is 11.4 Å². The van der Waals surface area contributed by atoms with Gasteiger partial charge in [-0.25, -0.2) is 0 Å². The highest BCUT2D eigenvalue weighted by Crippen LogP contribution is 2.17. The van der Waals surface area contributed by atoms with E-state index in [2.05, 4.69) is 10.6 Å². The molecule has 0 aliphatic carbocycles. The third kappa shape index (κ3) is 6.28. The lowest BCUT2D eigenvalue weighted by molar-refractivity contribution is 0.101. The van der Waals surface area contributed by atoms with Crippen LogP contribution in [0.5, 0.6) is 0 Å². The predicted molar refractivity (Wildman–Crippen MR) is 148 cm³/mol. The highest BCUT2D eigenvalue weighted by atomic mass is 16.2. The molecule has 0 radical (unpaired) electrons. The first-order valence-corrected chi connectivity index (χ1v) is 12.2. The number of nitrogens with one attached hydrogen (secondary N) is 2. The maximum absolute atomic E-state index is 12.5. The second-order valence-corrected chi connectivity index (χ2v) is 9.40. The SMILES string of the molecule is Cc1ccc(C(=O)Nc2ccc(CCc3ccc(NC(=O)c4ccc(C)c(C)c4)cc3)cc2)cc1C. The molecule has 2 amide bonds. The van der Waals surface area contributed by atoms with Crippen molar-refractivity contribution in [3.8, 4) is 0 Å². The Balaban J connectivity index is 1.29. The molecule has 2 N–H and O–H groups in total. The monoisotopic (exact) mass is 476 g/mol. The highest BCUT2D eigenvalue weighted by molar-refractivity contribution is 6.05. The standard InChI is InChI=1S/C32H32N2O2/c1-21-5-13-27(19-23(21)3)31(35)33-29-15-9-25(10-16-29)7-8-26-11-17-30(18-12-26)34-32(36)28-14-6-22(2)24(4)20-28/h5-6,9-20H,7-8H2,1-4H3,(H,33,35)(H,34,36). The van der Waals surface area contributed by atoms with Crippen molar-refractivity contribution in [2.24, 2.45) is 0 Å². The summed E-state index contributed by atoms with van der Waals surface area (Å²) in [5, 5.41) is 5.94. The third-order valence-electron chi connectivity index (χ3n) is 6.66. The number of amides is 2. The zero-order valence-corrected chi connectivity index (χ0v) is 21.3. The van der Waals surface area contributed by atoms with Crippen LogP contribution in [-0.4, -0.2) is 11.8 Å². The molecule has 0 aliphatic heterocycles. The van der Waals surface area contributed by atoms with Crippen LogP contribution in [0.15, 0.2) is 84.9 Å². The maximum atomic E-state index is 12.5. The van der Waals surface area contributed by atoms with Crippen LogP contribution in [-0.2, 0) is 12.8 Å². The molecule has 182 valence electrons. The topological polar surface area (TPSA) is 58.2 Å². The Kier molecular flexibility index (Phi) is 7.65. The lowest BCUT2D eigenvalue weighted by Gasteiger charge is -2.09. The molecule has 0 aromatic heterocycles.